The Hall–Kier alpha value is -2.45. The van der Waals surface area contributed by atoms with Crippen molar-refractivity contribution in [2.24, 2.45) is 5.73 Å². The number of carbonyl (C=O) groups excluding carboxylic acids is 2. The van der Waals surface area contributed by atoms with E-state index in [0.717, 1.165) is 4.68 Å². The minimum Gasteiger partial charge on any atom is -0.476 e. The van der Waals surface area contributed by atoms with E-state index in [1.807, 2.05) is 5.32 Å². The first kappa shape index (κ1) is 12.6. The second-order valence-electron chi connectivity index (χ2n) is 3.11. The number of aromatic nitrogens is 3. The van der Waals surface area contributed by atoms with Gasteiger partial charge in [0.05, 0.1) is 5.69 Å². The molecule has 1 heterocycles. The van der Waals surface area contributed by atoms with Gasteiger partial charge in [0, 0.05) is 0 Å². The molecule has 0 radical (unpaired) electrons. The summed E-state index contributed by atoms with van der Waals surface area (Å²) in [4.78, 5) is 32.4. The molecule has 0 aliphatic heterocycles. The molecule has 0 saturated heterocycles. The summed E-state index contributed by atoms with van der Waals surface area (Å²) in [5.41, 5.74) is 4.85. The maximum absolute atomic E-state index is 11.2. The molecule has 17 heavy (non-hydrogen) atoms. The summed E-state index contributed by atoms with van der Waals surface area (Å²) in [6.45, 7) is 1.39. The number of imide groups is 1. The Morgan fingerprint density at radius 3 is 2.59 bits per heavy atom. The van der Waals surface area contributed by atoms with Gasteiger partial charge in [-0.15, -0.1) is 5.10 Å². The molecule has 0 bridgehead atoms. The summed E-state index contributed by atoms with van der Waals surface area (Å²) >= 11 is 0. The lowest BCUT2D eigenvalue weighted by molar-refractivity contribution is -0.120. The molecule has 92 valence electrons. The summed E-state index contributed by atoms with van der Waals surface area (Å²) in [5, 5.41) is 17.6. The number of hydrogen-bond donors (Lipinski definition) is 3. The highest BCUT2D eigenvalue weighted by molar-refractivity contribution is 5.93. The number of nitrogens with one attached hydrogen (secondary N) is 1. The molecule has 0 fully saturated rings. The highest BCUT2D eigenvalue weighted by Gasteiger charge is 2.18. The van der Waals surface area contributed by atoms with E-state index in [1.54, 1.807) is 6.92 Å². The molecule has 0 aliphatic carbocycles. The number of hydrogen-bond acceptors (Lipinski definition) is 5. The fourth-order valence-electron chi connectivity index (χ4n) is 1.29. The van der Waals surface area contributed by atoms with E-state index in [2.05, 4.69) is 10.3 Å². The van der Waals surface area contributed by atoms with Crippen molar-refractivity contribution < 1.29 is 19.5 Å². The molecule has 0 aliphatic rings. The number of rotatable bonds is 4. The third-order valence-electron chi connectivity index (χ3n) is 1.93. The summed E-state index contributed by atoms with van der Waals surface area (Å²) in [6, 6.07) is -0.980. The number of aromatic carboxylic acids is 1. The molecule has 0 atom stereocenters. The third kappa shape index (κ3) is 3.00. The number of carboxylic acids is 1. The molecule has 0 saturated carbocycles. The molecule has 3 amide bonds. The average molecular weight is 241 g/mol. The maximum atomic E-state index is 11.2. The number of urea groups is 1. The van der Waals surface area contributed by atoms with Crippen molar-refractivity contribution >= 4 is 17.9 Å². The van der Waals surface area contributed by atoms with E-state index in [-0.39, 0.29) is 12.2 Å². The number of primary amides is 1. The summed E-state index contributed by atoms with van der Waals surface area (Å²) in [5.74, 6) is -1.91. The van der Waals surface area contributed by atoms with Gasteiger partial charge in [-0.25, -0.2) is 14.3 Å². The van der Waals surface area contributed by atoms with Gasteiger partial charge < -0.3 is 10.8 Å². The quantitative estimate of drug-likeness (QED) is 0.600. The normalized spacial score (nSPS) is 9.94. The van der Waals surface area contributed by atoms with Gasteiger partial charge >= 0.3 is 12.0 Å². The second kappa shape index (κ2) is 5.05. The van der Waals surface area contributed by atoms with Crippen LogP contribution in [0.4, 0.5) is 4.79 Å². The van der Waals surface area contributed by atoms with Gasteiger partial charge in [-0.05, 0) is 6.42 Å². The van der Waals surface area contributed by atoms with Crippen LogP contribution in [0, 0.1) is 0 Å². The van der Waals surface area contributed by atoms with Crippen molar-refractivity contribution in [1.29, 1.82) is 0 Å². The van der Waals surface area contributed by atoms with Crippen LogP contribution in [0.5, 0.6) is 0 Å². The Morgan fingerprint density at radius 2 is 2.12 bits per heavy atom. The zero-order valence-corrected chi connectivity index (χ0v) is 9.01. The largest absolute Gasteiger partial charge is 0.476 e. The van der Waals surface area contributed by atoms with Gasteiger partial charge in [0.25, 0.3) is 0 Å². The van der Waals surface area contributed by atoms with Crippen LogP contribution < -0.4 is 11.1 Å². The maximum Gasteiger partial charge on any atom is 0.358 e. The fourth-order valence-corrected chi connectivity index (χ4v) is 1.29. The topological polar surface area (TPSA) is 140 Å². The molecule has 1 aromatic heterocycles. The predicted molar refractivity (Wildman–Crippen MR) is 54.1 cm³/mol. The van der Waals surface area contributed by atoms with E-state index >= 15 is 0 Å². The van der Waals surface area contributed by atoms with Gasteiger partial charge in [0.2, 0.25) is 5.91 Å². The smallest absolute Gasteiger partial charge is 0.358 e. The van der Waals surface area contributed by atoms with Crippen LogP contribution >= 0.6 is 0 Å². The van der Waals surface area contributed by atoms with Crippen LogP contribution in [0.1, 0.15) is 23.1 Å². The Labute approximate surface area is 95.6 Å². The van der Waals surface area contributed by atoms with Crippen molar-refractivity contribution in [3.63, 3.8) is 0 Å². The first-order valence-electron chi connectivity index (χ1n) is 4.70. The van der Waals surface area contributed by atoms with Crippen LogP contribution in [0.15, 0.2) is 0 Å². The SMILES string of the molecule is CCc1c(C(=O)O)nnn1CC(=O)NC(N)=O. The van der Waals surface area contributed by atoms with Gasteiger partial charge in [0.15, 0.2) is 5.69 Å². The molecule has 9 heteroatoms. The predicted octanol–water partition coefficient (Wildman–Crippen LogP) is -1.27. The number of carbonyl (C=O) groups is 3. The molecule has 4 N–H and O–H groups in total. The standard InChI is InChI=1S/C8H11N5O4/c1-2-4-6(7(15)16)11-12-13(4)3-5(14)10-8(9)17/h2-3H2,1H3,(H,15,16)(H3,9,10,14,17). The van der Waals surface area contributed by atoms with Crippen LogP contribution in [0.2, 0.25) is 0 Å². The van der Waals surface area contributed by atoms with E-state index in [9.17, 15) is 14.4 Å². The molecule has 0 aromatic carbocycles. The molecule has 0 spiro atoms. The minimum atomic E-state index is -1.22. The van der Waals surface area contributed by atoms with Crippen LogP contribution in [-0.4, -0.2) is 38.0 Å². The molecule has 0 unspecified atom stereocenters. The van der Waals surface area contributed by atoms with Crippen molar-refractivity contribution in [2.75, 3.05) is 0 Å². The van der Waals surface area contributed by atoms with Crippen molar-refractivity contribution in [3.05, 3.63) is 11.4 Å². The van der Waals surface area contributed by atoms with Crippen LogP contribution in [0.25, 0.3) is 0 Å². The van der Waals surface area contributed by atoms with Gasteiger partial charge in [-0.2, -0.15) is 0 Å². The first-order valence-corrected chi connectivity index (χ1v) is 4.70. The zero-order chi connectivity index (χ0) is 13.0. The highest BCUT2D eigenvalue weighted by Crippen LogP contribution is 2.06. The summed E-state index contributed by atoms with van der Waals surface area (Å²) in [6.07, 6.45) is 0.346. The Morgan fingerprint density at radius 1 is 1.47 bits per heavy atom. The lowest BCUT2D eigenvalue weighted by atomic mass is 10.2. The lowest BCUT2D eigenvalue weighted by Gasteiger charge is -2.04. The van der Waals surface area contributed by atoms with Gasteiger partial charge in [0.1, 0.15) is 6.54 Å². The van der Waals surface area contributed by atoms with Gasteiger partial charge in [-0.1, -0.05) is 12.1 Å². The molecular weight excluding hydrogens is 230 g/mol. The van der Waals surface area contributed by atoms with Gasteiger partial charge in [-0.3, -0.25) is 10.1 Å². The average Bonchev–Trinajstić information content (AvgIpc) is 2.59. The summed E-state index contributed by atoms with van der Waals surface area (Å²) < 4.78 is 1.11. The lowest BCUT2D eigenvalue weighted by Crippen LogP contribution is -2.37. The monoisotopic (exact) mass is 241 g/mol. The Kier molecular flexibility index (Phi) is 3.75. The van der Waals surface area contributed by atoms with E-state index in [0.29, 0.717) is 12.1 Å². The summed E-state index contributed by atoms with van der Waals surface area (Å²) in [7, 11) is 0. The number of carboxylic acid groups (broad SMARTS) is 1. The molecule has 1 rings (SSSR count). The third-order valence-corrected chi connectivity index (χ3v) is 1.93. The highest BCUT2D eigenvalue weighted by atomic mass is 16.4. The number of amides is 3. The fraction of sp³-hybridized carbons (Fsp3) is 0.375. The van der Waals surface area contributed by atoms with E-state index in [4.69, 9.17) is 10.8 Å². The number of nitrogens with zero attached hydrogens (tertiary/aromatic N) is 3. The van der Waals surface area contributed by atoms with Crippen molar-refractivity contribution in [3.8, 4) is 0 Å². The van der Waals surface area contributed by atoms with Crippen molar-refractivity contribution in [2.45, 2.75) is 19.9 Å². The second-order valence-corrected chi connectivity index (χ2v) is 3.11. The van der Waals surface area contributed by atoms with E-state index < -0.39 is 17.9 Å². The molecule has 1 aromatic rings. The Bertz CT molecular complexity index is 466. The Balaban J connectivity index is 2.88. The zero-order valence-electron chi connectivity index (χ0n) is 9.01. The van der Waals surface area contributed by atoms with Crippen molar-refractivity contribution in [1.82, 2.24) is 20.3 Å². The molecule has 9 nitrogen and oxygen atoms in total. The van der Waals surface area contributed by atoms with Crippen LogP contribution in [0.3, 0.4) is 0 Å². The minimum absolute atomic E-state index is 0.209. The van der Waals surface area contributed by atoms with Crippen LogP contribution in [-0.2, 0) is 17.8 Å². The van der Waals surface area contributed by atoms with E-state index in [1.165, 1.54) is 0 Å². The number of nitrogens with two attached hydrogens (primary N) is 1. The first-order chi connectivity index (χ1) is 7.95. The molecular formula is C8H11N5O4.